The van der Waals surface area contributed by atoms with Crippen LogP contribution in [0.3, 0.4) is 0 Å². The molecule has 1 amide bonds. The molecular formula is C29H29N9O3S. The third-order valence-corrected chi connectivity index (χ3v) is 9.52. The number of benzene rings is 1. The Balaban J connectivity index is 1.27. The van der Waals surface area contributed by atoms with Crippen LogP contribution in [0.2, 0.25) is 0 Å². The summed E-state index contributed by atoms with van der Waals surface area (Å²) in [6.45, 7) is 0. The SMILES string of the molecule is CS(=O)(=O)c1c(C2CC3CCC(C2)N3C(=O)c2cc(N)n[nH]2)nc2c(-c3ccc(-c4ccccc4)nc3)cnn2c1N. The van der Waals surface area contributed by atoms with Crippen molar-refractivity contribution in [2.24, 2.45) is 0 Å². The van der Waals surface area contributed by atoms with E-state index in [1.165, 1.54) is 10.6 Å². The number of aromatic nitrogens is 6. The van der Waals surface area contributed by atoms with E-state index in [0.717, 1.165) is 35.9 Å². The molecule has 2 atom stereocenters. The van der Waals surface area contributed by atoms with Gasteiger partial charge in [-0.3, -0.25) is 14.9 Å². The Morgan fingerprint density at radius 1 is 1.00 bits per heavy atom. The van der Waals surface area contributed by atoms with Crippen molar-refractivity contribution in [2.45, 2.75) is 48.6 Å². The Labute approximate surface area is 241 Å². The maximum Gasteiger partial charge on any atom is 0.272 e. The number of hydrogen-bond donors (Lipinski definition) is 3. The Hall–Kier alpha value is -4.78. The molecule has 5 N–H and O–H groups in total. The third kappa shape index (κ3) is 4.28. The van der Waals surface area contributed by atoms with Crippen molar-refractivity contribution < 1.29 is 13.2 Å². The van der Waals surface area contributed by atoms with Crippen molar-refractivity contribution in [3.8, 4) is 22.4 Å². The van der Waals surface area contributed by atoms with E-state index in [1.807, 2.05) is 47.4 Å². The number of nitrogen functional groups attached to an aromatic ring is 2. The Bertz CT molecular complexity index is 1920. The van der Waals surface area contributed by atoms with Gasteiger partial charge in [-0.25, -0.2) is 13.4 Å². The van der Waals surface area contributed by atoms with Gasteiger partial charge in [0.2, 0.25) is 0 Å². The van der Waals surface area contributed by atoms with Crippen LogP contribution in [-0.2, 0) is 9.84 Å². The largest absolute Gasteiger partial charge is 0.382 e. The van der Waals surface area contributed by atoms with Crippen LogP contribution in [0.1, 0.15) is 47.8 Å². The number of hydrogen-bond acceptors (Lipinski definition) is 9. The first-order chi connectivity index (χ1) is 20.2. The molecule has 2 fully saturated rings. The number of fused-ring (bicyclic) bond motifs is 3. The fourth-order valence-electron chi connectivity index (χ4n) is 6.53. The monoisotopic (exact) mass is 583 g/mol. The highest BCUT2D eigenvalue weighted by Crippen LogP contribution is 2.45. The summed E-state index contributed by atoms with van der Waals surface area (Å²) < 4.78 is 27.6. The normalized spacial score (nSPS) is 20.3. The predicted molar refractivity (Wildman–Crippen MR) is 157 cm³/mol. The van der Waals surface area contributed by atoms with Crippen LogP contribution in [-0.4, -0.2) is 67.3 Å². The first kappa shape index (κ1) is 26.1. The summed E-state index contributed by atoms with van der Waals surface area (Å²) in [5.41, 5.74) is 16.8. The Morgan fingerprint density at radius 2 is 1.74 bits per heavy atom. The first-order valence-corrected chi connectivity index (χ1v) is 15.6. The lowest BCUT2D eigenvalue weighted by atomic mass is 9.87. The quantitative estimate of drug-likeness (QED) is 0.280. The number of nitrogens with one attached hydrogen (secondary N) is 1. The number of nitrogens with two attached hydrogens (primary N) is 2. The van der Waals surface area contributed by atoms with Gasteiger partial charge in [0, 0.05) is 53.2 Å². The average Bonchev–Trinajstić information content (AvgIpc) is 3.68. The summed E-state index contributed by atoms with van der Waals surface area (Å²) in [6, 6.07) is 15.1. The van der Waals surface area contributed by atoms with Crippen LogP contribution in [0, 0.1) is 0 Å². The average molecular weight is 584 g/mol. The number of anilines is 2. The van der Waals surface area contributed by atoms with Gasteiger partial charge in [-0.2, -0.15) is 14.7 Å². The molecule has 0 spiro atoms. The van der Waals surface area contributed by atoms with E-state index in [0.29, 0.717) is 35.4 Å². The summed E-state index contributed by atoms with van der Waals surface area (Å²) in [6.07, 6.45) is 7.30. The highest BCUT2D eigenvalue weighted by Gasteiger charge is 2.46. The van der Waals surface area contributed by atoms with Gasteiger partial charge in [0.25, 0.3) is 5.91 Å². The van der Waals surface area contributed by atoms with Crippen molar-refractivity contribution in [3.63, 3.8) is 0 Å². The van der Waals surface area contributed by atoms with Crippen molar-refractivity contribution in [1.29, 1.82) is 0 Å². The maximum atomic E-state index is 13.3. The lowest BCUT2D eigenvalue weighted by Crippen LogP contribution is -2.46. The van der Waals surface area contributed by atoms with Gasteiger partial charge < -0.3 is 16.4 Å². The van der Waals surface area contributed by atoms with Crippen LogP contribution in [0.4, 0.5) is 11.6 Å². The molecule has 42 heavy (non-hydrogen) atoms. The van der Waals surface area contributed by atoms with Gasteiger partial charge in [0.1, 0.15) is 22.2 Å². The van der Waals surface area contributed by atoms with Crippen molar-refractivity contribution in [2.75, 3.05) is 17.7 Å². The zero-order valence-electron chi connectivity index (χ0n) is 22.8. The summed E-state index contributed by atoms with van der Waals surface area (Å²) in [5.74, 6) is -0.0815. The van der Waals surface area contributed by atoms with Gasteiger partial charge in [-0.1, -0.05) is 36.4 Å². The molecular weight excluding hydrogens is 554 g/mol. The van der Waals surface area contributed by atoms with E-state index in [2.05, 4.69) is 20.3 Å². The number of pyridine rings is 1. The number of carbonyl (C=O) groups is 1. The smallest absolute Gasteiger partial charge is 0.272 e. The lowest BCUT2D eigenvalue weighted by Gasteiger charge is -2.39. The third-order valence-electron chi connectivity index (χ3n) is 8.36. The summed E-state index contributed by atoms with van der Waals surface area (Å²) >= 11 is 0. The lowest BCUT2D eigenvalue weighted by molar-refractivity contribution is 0.0562. The van der Waals surface area contributed by atoms with E-state index in [9.17, 15) is 13.2 Å². The van der Waals surface area contributed by atoms with Crippen molar-refractivity contribution in [3.05, 3.63) is 72.3 Å². The Kier molecular flexibility index (Phi) is 6.01. The highest BCUT2D eigenvalue weighted by molar-refractivity contribution is 7.91. The summed E-state index contributed by atoms with van der Waals surface area (Å²) in [5, 5.41) is 11.0. The molecule has 5 aromatic rings. The molecule has 214 valence electrons. The molecule has 1 aromatic carbocycles. The first-order valence-electron chi connectivity index (χ1n) is 13.7. The van der Waals surface area contributed by atoms with E-state index in [-0.39, 0.29) is 40.4 Å². The topological polar surface area (TPSA) is 178 Å². The van der Waals surface area contributed by atoms with E-state index >= 15 is 0 Å². The molecule has 2 aliphatic heterocycles. The second-order valence-corrected chi connectivity index (χ2v) is 13.0. The van der Waals surface area contributed by atoms with Crippen LogP contribution < -0.4 is 11.5 Å². The number of carbonyl (C=O) groups excluding carboxylic acids is 1. The molecule has 13 heteroatoms. The standard InChI is InChI=1S/C29H29N9O3S/c1-42(40,41)26-25(18-11-19-8-9-20(12-18)37(19)29(39)23-13-24(30)36-35-23)34-28-21(15-33-38(28)27(26)31)17-7-10-22(32-14-17)16-5-3-2-4-6-16/h2-7,10,13-15,18-20H,8-9,11-12,31H2,1H3,(H3,30,35,36). The fourth-order valence-corrected chi connectivity index (χ4v) is 7.59. The van der Waals surface area contributed by atoms with Crippen molar-refractivity contribution >= 4 is 33.0 Å². The van der Waals surface area contributed by atoms with Crippen LogP contribution in [0.5, 0.6) is 0 Å². The number of aromatic amines is 1. The van der Waals surface area contributed by atoms with E-state index in [4.69, 9.17) is 16.5 Å². The predicted octanol–water partition coefficient (Wildman–Crippen LogP) is 3.30. The molecule has 12 nitrogen and oxygen atoms in total. The van der Waals surface area contributed by atoms with E-state index in [1.54, 1.807) is 12.4 Å². The molecule has 0 radical (unpaired) electrons. The zero-order chi connectivity index (χ0) is 29.2. The molecule has 2 aliphatic rings. The minimum atomic E-state index is -3.75. The van der Waals surface area contributed by atoms with E-state index < -0.39 is 9.84 Å². The highest BCUT2D eigenvalue weighted by atomic mass is 32.2. The molecule has 2 bridgehead atoms. The van der Waals surface area contributed by atoms with Crippen molar-refractivity contribution in [1.82, 2.24) is 34.7 Å². The second-order valence-electron chi connectivity index (χ2n) is 11.0. The van der Waals surface area contributed by atoms with Gasteiger partial charge in [0.05, 0.1) is 17.6 Å². The zero-order valence-corrected chi connectivity index (χ0v) is 23.6. The molecule has 2 unspecified atom stereocenters. The summed E-state index contributed by atoms with van der Waals surface area (Å²) in [7, 11) is -3.75. The molecule has 4 aromatic heterocycles. The second kappa shape index (κ2) is 9.65. The van der Waals surface area contributed by atoms with Gasteiger partial charge >= 0.3 is 0 Å². The molecule has 0 aliphatic carbocycles. The van der Waals surface area contributed by atoms with Crippen LogP contribution >= 0.6 is 0 Å². The molecule has 2 saturated heterocycles. The van der Waals surface area contributed by atoms with Crippen LogP contribution in [0.25, 0.3) is 28.0 Å². The minimum absolute atomic E-state index is 0.00674. The molecule has 0 saturated carbocycles. The number of H-pyrrole nitrogens is 1. The van der Waals surface area contributed by atoms with Gasteiger partial charge in [-0.15, -0.1) is 0 Å². The maximum absolute atomic E-state index is 13.3. The minimum Gasteiger partial charge on any atom is -0.382 e. The van der Waals surface area contributed by atoms with Gasteiger partial charge in [-0.05, 0) is 31.7 Å². The summed E-state index contributed by atoms with van der Waals surface area (Å²) in [4.78, 5) is 24.8. The number of sulfone groups is 1. The Morgan fingerprint density at radius 3 is 2.36 bits per heavy atom. The number of piperidine rings is 1. The number of nitrogens with zero attached hydrogens (tertiary/aromatic N) is 6. The van der Waals surface area contributed by atoms with Gasteiger partial charge in [0.15, 0.2) is 15.5 Å². The fraction of sp³-hybridized carbons (Fsp3) is 0.276. The number of rotatable bonds is 5. The van der Waals surface area contributed by atoms with Crippen LogP contribution in [0.15, 0.2) is 65.8 Å². The molecule has 6 heterocycles. The number of amides is 1. The molecule has 7 rings (SSSR count).